The van der Waals surface area contributed by atoms with Gasteiger partial charge >= 0.3 is 11.9 Å². The second-order valence-corrected chi connectivity index (χ2v) is 13.9. The molecule has 14 heteroatoms. The van der Waals surface area contributed by atoms with Crippen LogP contribution in [-0.4, -0.2) is 117 Å². The first-order chi connectivity index (χ1) is 22.4. The molecule has 1 aromatic carbocycles. The number of piperidine rings is 2. The number of hydrogen-bond donors (Lipinski definition) is 2. The van der Waals surface area contributed by atoms with Crippen LogP contribution in [0.4, 0.5) is 11.6 Å². The highest BCUT2D eigenvalue weighted by Crippen LogP contribution is 2.34. The van der Waals surface area contributed by atoms with E-state index in [1.807, 2.05) is 0 Å². The van der Waals surface area contributed by atoms with E-state index in [4.69, 9.17) is 10.2 Å². The maximum atomic E-state index is 9.55. The lowest BCUT2D eigenvalue weighted by Gasteiger charge is -2.31. The van der Waals surface area contributed by atoms with Gasteiger partial charge in [0.25, 0.3) is 0 Å². The Bertz CT molecular complexity index is 1400. The highest BCUT2D eigenvalue weighted by atomic mass is 32.2. The molecule has 0 atom stereocenters. The van der Waals surface area contributed by atoms with Crippen LogP contribution >= 0.6 is 23.5 Å². The normalized spacial score (nSPS) is 23.8. The van der Waals surface area contributed by atoms with Gasteiger partial charge in [0.2, 0.25) is 0 Å². The van der Waals surface area contributed by atoms with Gasteiger partial charge in [-0.05, 0) is 68.1 Å². The molecular weight excluding hydrogens is 625 g/mol. The minimum absolute atomic E-state index is 0.558. The molecule has 9 rings (SSSR count). The van der Waals surface area contributed by atoms with Gasteiger partial charge in [-0.15, -0.1) is 20.4 Å². The molecule has 8 heterocycles. The molecule has 6 aliphatic heterocycles. The van der Waals surface area contributed by atoms with E-state index >= 15 is 0 Å². The first kappa shape index (κ1) is 32.2. The SMILES string of the molecule is O=C(O)/C=C/C(=O)O.c1cc(Sc2ccc(N3CCN4CCC3CC4)nn2)cc(Sc2ccc(N3CCN4CCC3CC4)nn2)c1. The summed E-state index contributed by atoms with van der Waals surface area (Å²) in [7, 11) is 0. The molecule has 0 aliphatic carbocycles. The summed E-state index contributed by atoms with van der Waals surface area (Å²) in [4.78, 5) is 31.5. The van der Waals surface area contributed by atoms with Crippen LogP contribution in [0.5, 0.6) is 0 Å². The fraction of sp³-hybridized carbons (Fsp3) is 0.438. The molecule has 2 N–H and O–H groups in total. The summed E-state index contributed by atoms with van der Waals surface area (Å²) in [6.45, 7) is 9.20. The smallest absolute Gasteiger partial charge is 0.328 e. The van der Waals surface area contributed by atoms with Gasteiger partial charge < -0.3 is 29.8 Å². The van der Waals surface area contributed by atoms with Crippen LogP contribution in [0.2, 0.25) is 0 Å². The standard InChI is InChI=1S/C28H34N8S2.C4H4O4/c1-2-23(37-27-6-4-25(29-31-27)35-18-16-33-12-8-21(35)9-13-33)20-24(3-1)38-28-7-5-26(30-32-28)36-19-17-34-14-10-22(36)11-15-34;5-3(6)1-2-4(7)8/h1-7,20-22H,8-19H2;1-2H,(H,5,6)(H,7,8)/b;2-1+. The summed E-state index contributed by atoms with van der Waals surface area (Å²) >= 11 is 3.31. The van der Waals surface area contributed by atoms with Gasteiger partial charge in [-0.3, -0.25) is 0 Å². The van der Waals surface area contributed by atoms with Crippen molar-refractivity contribution in [2.24, 2.45) is 0 Å². The summed E-state index contributed by atoms with van der Waals surface area (Å²) in [5, 5.41) is 35.9. The zero-order valence-electron chi connectivity index (χ0n) is 25.5. The fourth-order valence-electron chi connectivity index (χ4n) is 6.40. The Morgan fingerprint density at radius 2 is 1.04 bits per heavy atom. The average Bonchev–Trinajstić information content (AvgIpc) is 3.58. The van der Waals surface area contributed by atoms with Crippen LogP contribution in [0.25, 0.3) is 0 Å². The zero-order chi connectivity index (χ0) is 31.9. The predicted molar refractivity (Wildman–Crippen MR) is 177 cm³/mol. The molecule has 6 fully saturated rings. The van der Waals surface area contributed by atoms with E-state index in [9.17, 15) is 9.59 Å². The average molecular weight is 663 g/mol. The number of carboxylic acids is 2. The number of rotatable bonds is 8. The number of aromatic nitrogens is 4. The summed E-state index contributed by atoms with van der Waals surface area (Å²) < 4.78 is 0. The highest BCUT2D eigenvalue weighted by Gasteiger charge is 2.31. The third-order valence-corrected chi connectivity index (χ3v) is 10.6. The highest BCUT2D eigenvalue weighted by molar-refractivity contribution is 8.00. The Labute approximate surface area is 276 Å². The number of carboxylic acid groups (broad SMARTS) is 2. The Hall–Kier alpha value is -3.72. The molecule has 0 radical (unpaired) electrons. The van der Waals surface area contributed by atoms with Crippen LogP contribution < -0.4 is 9.80 Å². The monoisotopic (exact) mass is 662 g/mol. The van der Waals surface area contributed by atoms with Crippen molar-refractivity contribution >= 4 is 47.1 Å². The third-order valence-electron chi connectivity index (χ3n) is 8.77. The molecule has 242 valence electrons. The molecule has 6 saturated heterocycles. The van der Waals surface area contributed by atoms with Crippen molar-refractivity contribution in [1.82, 2.24) is 30.2 Å². The third kappa shape index (κ3) is 8.55. The lowest BCUT2D eigenvalue weighted by molar-refractivity contribution is -0.134. The van der Waals surface area contributed by atoms with E-state index < -0.39 is 11.9 Å². The zero-order valence-corrected chi connectivity index (χ0v) is 27.2. The number of carbonyl (C=O) groups is 2. The van der Waals surface area contributed by atoms with Crippen molar-refractivity contribution in [1.29, 1.82) is 0 Å². The first-order valence-electron chi connectivity index (χ1n) is 15.6. The lowest BCUT2D eigenvalue weighted by atomic mass is 10.1. The maximum Gasteiger partial charge on any atom is 0.328 e. The summed E-state index contributed by atoms with van der Waals surface area (Å²) in [6, 6.07) is 18.3. The Morgan fingerprint density at radius 3 is 1.41 bits per heavy atom. The second kappa shape index (κ2) is 15.2. The minimum Gasteiger partial charge on any atom is -0.478 e. The first-order valence-corrected chi connectivity index (χ1v) is 17.3. The second-order valence-electron chi connectivity index (χ2n) is 11.7. The Balaban J connectivity index is 0.000000414. The molecule has 4 bridgehead atoms. The van der Waals surface area contributed by atoms with Crippen molar-refractivity contribution in [2.45, 2.75) is 57.6 Å². The van der Waals surface area contributed by atoms with Crippen molar-refractivity contribution in [3.8, 4) is 0 Å². The Kier molecular flexibility index (Phi) is 10.7. The largest absolute Gasteiger partial charge is 0.478 e. The van der Waals surface area contributed by atoms with Gasteiger partial charge in [0, 0.05) is 86.4 Å². The van der Waals surface area contributed by atoms with Crippen molar-refractivity contribution in [3.63, 3.8) is 0 Å². The molecule has 3 aromatic rings. The van der Waals surface area contributed by atoms with Gasteiger partial charge in [0.1, 0.15) is 10.1 Å². The van der Waals surface area contributed by atoms with Crippen LogP contribution in [0.15, 0.2) is 80.5 Å². The van der Waals surface area contributed by atoms with Crippen molar-refractivity contribution < 1.29 is 19.8 Å². The Morgan fingerprint density at radius 1 is 0.609 bits per heavy atom. The number of fused-ring (bicyclic) bond motifs is 8. The molecule has 2 aromatic heterocycles. The molecule has 0 spiro atoms. The van der Waals surface area contributed by atoms with Crippen LogP contribution in [0, 0.1) is 0 Å². The number of benzene rings is 1. The number of hydrogen-bond acceptors (Lipinski definition) is 12. The number of anilines is 2. The van der Waals surface area contributed by atoms with Crippen molar-refractivity contribution in [3.05, 3.63) is 60.7 Å². The molecule has 0 saturated carbocycles. The summed E-state index contributed by atoms with van der Waals surface area (Å²) in [6.07, 6.45) is 6.03. The van der Waals surface area contributed by atoms with Gasteiger partial charge in [0.15, 0.2) is 11.6 Å². The van der Waals surface area contributed by atoms with E-state index in [-0.39, 0.29) is 0 Å². The van der Waals surface area contributed by atoms with E-state index in [1.165, 1.54) is 51.9 Å². The van der Waals surface area contributed by atoms with E-state index in [0.717, 1.165) is 57.7 Å². The molecule has 0 unspecified atom stereocenters. The van der Waals surface area contributed by atoms with Gasteiger partial charge in [0.05, 0.1) is 0 Å². The number of nitrogens with zero attached hydrogens (tertiary/aromatic N) is 8. The molecule has 12 nitrogen and oxygen atoms in total. The van der Waals surface area contributed by atoms with E-state index in [2.05, 4.69) is 88.5 Å². The van der Waals surface area contributed by atoms with Crippen LogP contribution in [0.3, 0.4) is 0 Å². The quantitative estimate of drug-likeness (QED) is 0.338. The van der Waals surface area contributed by atoms with Crippen LogP contribution in [0.1, 0.15) is 25.7 Å². The van der Waals surface area contributed by atoms with Gasteiger partial charge in [-0.2, -0.15) is 0 Å². The van der Waals surface area contributed by atoms with Gasteiger partial charge in [-0.25, -0.2) is 9.59 Å². The van der Waals surface area contributed by atoms with E-state index in [0.29, 0.717) is 24.2 Å². The summed E-state index contributed by atoms with van der Waals surface area (Å²) in [5.74, 6) is -0.487. The van der Waals surface area contributed by atoms with Gasteiger partial charge in [-0.1, -0.05) is 29.6 Å². The van der Waals surface area contributed by atoms with Crippen LogP contribution in [-0.2, 0) is 9.59 Å². The molecule has 0 amide bonds. The predicted octanol–water partition coefficient (Wildman–Crippen LogP) is 3.85. The minimum atomic E-state index is -1.26. The molecule has 6 aliphatic rings. The fourth-order valence-corrected chi connectivity index (χ4v) is 8.06. The number of aliphatic carboxylic acids is 2. The van der Waals surface area contributed by atoms with E-state index in [1.54, 1.807) is 23.5 Å². The maximum absolute atomic E-state index is 9.55. The molecular formula is C32H38N8O4S2. The lowest BCUT2D eigenvalue weighted by Crippen LogP contribution is -2.38. The topological polar surface area (TPSA) is 139 Å². The summed E-state index contributed by atoms with van der Waals surface area (Å²) in [5.41, 5.74) is 0. The van der Waals surface area contributed by atoms with Crippen molar-refractivity contribution in [2.75, 3.05) is 62.2 Å². The molecule has 46 heavy (non-hydrogen) atoms.